The zero-order valence-corrected chi connectivity index (χ0v) is 16.7. The normalized spacial score (nSPS) is 11.1. The minimum atomic E-state index is -0.238. The minimum Gasteiger partial charge on any atom is -0.495 e. The Hall–Kier alpha value is -3.06. The first kappa shape index (κ1) is 18.3. The highest BCUT2D eigenvalue weighted by molar-refractivity contribution is 7.98. The Kier molecular flexibility index (Phi) is 4.92. The van der Waals surface area contributed by atoms with Crippen molar-refractivity contribution in [3.05, 3.63) is 81.9 Å². The molecule has 0 saturated carbocycles. The molecule has 6 nitrogen and oxygen atoms in total. The van der Waals surface area contributed by atoms with Crippen LogP contribution in [0.25, 0.3) is 11.3 Å². The van der Waals surface area contributed by atoms with Gasteiger partial charge in [0.05, 0.1) is 12.8 Å². The monoisotopic (exact) mass is 392 g/mol. The average Bonchev–Trinajstić information content (AvgIpc) is 3.13. The zero-order chi connectivity index (χ0) is 19.7. The fourth-order valence-corrected chi connectivity index (χ4v) is 4.06. The maximum atomic E-state index is 13.0. The van der Waals surface area contributed by atoms with Crippen LogP contribution in [0.3, 0.4) is 0 Å². The lowest BCUT2D eigenvalue weighted by Gasteiger charge is -2.10. The number of rotatable bonds is 5. The van der Waals surface area contributed by atoms with E-state index in [9.17, 15) is 4.79 Å². The van der Waals surface area contributed by atoms with Crippen molar-refractivity contribution in [2.75, 3.05) is 7.11 Å². The van der Waals surface area contributed by atoms with Crippen molar-refractivity contribution in [2.24, 2.45) is 0 Å². The number of aryl methyl sites for hydroxylation is 2. The van der Waals surface area contributed by atoms with Crippen molar-refractivity contribution in [3.63, 3.8) is 0 Å². The van der Waals surface area contributed by atoms with Crippen molar-refractivity contribution in [3.8, 4) is 11.4 Å². The fraction of sp³-hybridized carbons (Fsp3) is 0.190. The average molecular weight is 392 g/mol. The molecular weight excluding hydrogens is 372 g/mol. The van der Waals surface area contributed by atoms with E-state index in [1.165, 1.54) is 21.3 Å². The summed E-state index contributed by atoms with van der Waals surface area (Å²) in [7, 11) is 1.58. The van der Waals surface area contributed by atoms with Crippen LogP contribution in [0.2, 0.25) is 0 Å². The number of methoxy groups -OCH3 is 1. The van der Waals surface area contributed by atoms with Crippen LogP contribution in [0.15, 0.2) is 64.8 Å². The second-order valence-electron chi connectivity index (χ2n) is 6.54. The van der Waals surface area contributed by atoms with E-state index >= 15 is 0 Å². The van der Waals surface area contributed by atoms with Gasteiger partial charge in [-0.2, -0.15) is 0 Å². The zero-order valence-electron chi connectivity index (χ0n) is 15.9. The van der Waals surface area contributed by atoms with E-state index in [1.807, 2.05) is 30.5 Å². The van der Waals surface area contributed by atoms with Crippen molar-refractivity contribution in [1.82, 2.24) is 19.2 Å². The maximum Gasteiger partial charge on any atom is 0.300 e. The van der Waals surface area contributed by atoms with E-state index in [0.717, 1.165) is 5.75 Å². The second-order valence-corrected chi connectivity index (χ2v) is 7.48. The third-order valence-corrected chi connectivity index (χ3v) is 5.64. The second kappa shape index (κ2) is 7.52. The summed E-state index contributed by atoms with van der Waals surface area (Å²) in [5, 5.41) is 9.06. The molecular formula is C21H20N4O2S. The topological polar surface area (TPSA) is 61.4 Å². The van der Waals surface area contributed by atoms with Crippen LogP contribution in [0.1, 0.15) is 16.7 Å². The van der Waals surface area contributed by atoms with Crippen molar-refractivity contribution in [2.45, 2.75) is 24.8 Å². The fourth-order valence-electron chi connectivity index (χ4n) is 3.08. The first-order chi connectivity index (χ1) is 13.6. The third kappa shape index (κ3) is 3.29. The number of benzene rings is 2. The van der Waals surface area contributed by atoms with Crippen LogP contribution in [-0.4, -0.2) is 26.3 Å². The van der Waals surface area contributed by atoms with Gasteiger partial charge in [0, 0.05) is 18.1 Å². The molecule has 4 aromatic rings. The van der Waals surface area contributed by atoms with Crippen LogP contribution in [-0.2, 0) is 5.75 Å². The van der Waals surface area contributed by atoms with Gasteiger partial charge in [0.25, 0.3) is 0 Å². The molecule has 0 atom stereocenters. The van der Waals surface area contributed by atoms with Gasteiger partial charge in [-0.3, -0.25) is 13.8 Å². The molecule has 4 rings (SSSR count). The standard InChI is InChI=1S/C21H20N4O2S/c1-14-8-9-15(2)16(12-14)13-28-21-23-22-19-20(26)24(10-11-25(19)21)17-6-4-5-7-18(17)27-3/h4-12H,13H2,1-3H3. The Morgan fingerprint density at radius 1 is 1.07 bits per heavy atom. The Morgan fingerprint density at radius 2 is 1.89 bits per heavy atom. The molecule has 0 amide bonds. The number of hydrogen-bond donors (Lipinski definition) is 0. The van der Waals surface area contributed by atoms with Gasteiger partial charge in [0.15, 0.2) is 5.16 Å². The summed E-state index contributed by atoms with van der Waals surface area (Å²) in [4.78, 5) is 13.0. The predicted octanol–water partition coefficient (Wildman–Crippen LogP) is 3.80. The van der Waals surface area contributed by atoms with Crippen LogP contribution in [0.5, 0.6) is 5.75 Å². The summed E-state index contributed by atoms with van der Waals surface area (Å²) in [6.07, 6.45) is 3.53. The van der Waals surface area contributed by atoms with Crippen molar-refractivity contribution in [1.29, 1.82) is 0 Å². The molecule has 142 valence electrons. The van der Waals surface area contributed by atoms with Gasteiger partial charge in [-0.25, -0.2) is 0 Å². The van der Waals surface area contributed by atoms with Gasteiger partial charge in [0.2, 0.25) is 5.65 Å². The summed E-state index contributed by atoms with van der Waals surface area (Å²) in [5.74, 6) is 1.39. The van der Waals surface area contributed by atoms with E-state index < -0.39 is 0 Å². The number of fused-ring (bicyclic) bond motifs is 1. The molecule has 0 bridgehead atoms. The van der Waals surface area contributed by atoms with E-state index in [4.69, 9.17) is 4.74 Å². The summed E-state index contributed by atoms with van der Waals surface area (Å²) < 4.78 is 8.64. The number of thioether (sulfide) groups is 1. The smallest absolute Gasteiger partial charge is 0.300 e. The Morgan fingerprint density at radius 3 is 2.71 bits per heavy atom. The molecule has 0 unspecified atom stereocenters. The highest BCUT2D eigenvalue weighted by Gasteiger charge is 2.14. The largest absolute Gasteiger partial charge is 0.495 e. The Labute approximate surface area is 166 Å². The molecule has 0 aliphatic heterocycles. The minimum absolute atomic E-state index is 0.238. The molecule has 0 saturated heterocycles. The molecule has 28 heavy (non-hydrogen) atoms. The molecule has 7 heteroatoms. The van der Waals surface area contributed by atoms with Crippen LogP contribution in [0.4, 0.5) is 0 Å². The van der Waals surface area contributed by atoms with Crippen LogP contribution < -0.4 is 10.3 Å². The molecule has 2 aromatic heterocycles. The Balaban J connectivity index is 1.69. The van der Waals surface area contributed by atoms with Gasteiger partial charge in [-0.1, -0.05) is 47.7 Å². The maximum absolute atomic E-state index is 13.0. The van der Waals surface area contributed by atoms with Crippen molar-refractivity contribution < 1.29 is 4.74 Å². The van der Waals surface area contributed by atoms with Crippen molar-refractivity contribution >= 4 is 17.4 Å². The summed E-state index contributed by atoms with van der Waals surface area (Å²) >= 11 is 1.57. The van der Waals surface area contributed by atoms with Gasteiger partial charge in [0.1, 0.15) is 5.75 Å². The van der Waals surface area contributed by atoms with E-state index in [2.05, 4.69) is 42.2 Å². The van der Waals surface area contributed by atoms with E-state index in [1.54, 1.807) is 29.5 Å². The van der Waals surface area contributed by atoms with Gasteiger partial charge < -0.3 is 4.74 Å². The highest BCUT2D eigenvalue weighted by atomic mass is 32.2. The predicted molar refractivity (Wildman–Crippen MR) is 111 cm³/mol. The molecule has 0 aliphatic rings. The van der Waals surface area contributed by atoms with E-state index in [-0.39, 0.29) is 11.2 Å². The molecule has 0 aliphatic carbocycles. The number of nitrogens with zero attached hydrogens (tertiary/aromatic N) is 4. The first-order valence-electron chi connectivity index (χ1n) is 8.87. The molecule has 0 radical (unpaired) electrons. The summed E-state index contributed by atoms with van der Waals surface area (Å²) in [6.45, 7) is 4.18. The third-order valence-electron chi connectivity index (χ3n) is 4.65. The highest BCUT2D eigenvalue weighted by Crippen LogP contribution is 2.24. The van der Waals surface area contributed by atoms with Crippen LogP contribution in [0, 0.1) is 13.8 Å². The lowest BCUT2D eigenvalue weighted by Crippen LogP contribution is -2.20. The SMILES string of the molecule is COc1ccccc1-n1ccn2c(SCc3cc(C)ccc3C)nnc2c1=O. The lowest BCUT2D eigenvalue weighted by atomic mass is 10.1. The summed E-state index contributed by atoms with van der Waals surface area (Å²) in [5.41, 5.74) is 4.45. The number of aromatic nitrogens is 4. The van der Waals surface area contributed by atoms with E-state index in [0.29, 0.717) is 16.6 Å². The van der Waals surface area contributed by atoms with Crippen LogP contribution >= 0.6 is 11.8 Å². The molecule has 2 aromatic carbocycles. The molecule has 2 heterocycles. The first-order valence-corrected chi connectivity index (χ1v) is 9.86. The Bertz CT molecular complexity index is 1210. The number of para-hydroxylation sites is 2. The molecule has 0 N–H and O–H groups in total. The van der Waals surface area contributed by atoms with Gasteiger partial charge in [-0.05, 0) is 37.1 Å². The number of ether oxygens (including phenoxy) is 1. The number of hydrogen-bond acceptors (Lipinski definition) is 5. The molecule has 0 spiro atoms. The quantitative estimate of drug-likeness (QED) is 0.484. The summed E-state index contributed by atoms with van der Waals surface area (Å²) in [6, 6.07) is 13.8. The van der Waals surface area contributed by atoms with Gasteiger partial charge in [-0.15, -0.1) is 10.2 Å². The lowest BCUT2D eigenvalue weighted by molar-refractivity contribution is 0.412. The van der Waals surface area contributed by atoms with Gasteiger partial charge >= 0.3 is 5.56 Å². The molecule has 0 fully saturated rings.